The second-order valence-electron chi connectivity index (χ2n) is 21.4. The van der Waals surface area contributed by atoms with Crippen LogP contribution in [-0.2, 0) is 14.3 Å². The first-order valence-corrected chi connectivity index (χ1v) is 31.4. The number of carbonyl (C=O) groups is 2. The highest BCUT2D eigenvalue weighted by atomic mass is 16.5. The number of carbonyl (C=O) groups excluding carboxylic acids is 2. The molecule has 0 fully saturated rings. The fourth-order valence-corrected chi connectivity index (χ4v) is 9.48. The molecule has 416 valence electrons. The average Bonchev–Trinajstić information content (AvgIpc) is 3.37. The summed E-state index contributed by atoms with van der Waals surface area (Å²) in [4.78, 5) is 24.5. The van der Waals surface area contributed by atoms with Crippen LogP contribution in [0.15, 0.2) is 48.6 Å². The second kappa shape index (κ2) is 60.4. The summed E-state index contributed by atoms with van der Waals surface area (Å²) in [6.45, 7) is 4.88. The van der Waals surface area contributed by atoms with Gasteiger partial charge in [-0.05, 0) is 89.9 Å². The Bertz CT molecular complexity index is 1190. The first-order valence-electron chi connectivity index (χ1n) is 31.4. The molecule has 0 aliphatic carbocycles. The highest BCUT2D eigenvalue weighted by Crippen LogP contribution is 2.16. The molecule has 6 heteroatoms. The molecule has 0 rings (SSSR count). The van der Waals surface area contributed by atoms with Gasteiger partial charge in [-0.15, -0.1) is 0 Å². The van der Waals surface area contributed by atoms with E-state index in [0.717, 1.165) is 57.8 Å². The molecule has 0 heterocycles. The molecule has 71 heavy (non-hydrogen) atoms. The van der Waals surface area contributed by atoms with Crippen LogP contribution in [0.4, 0.5) is 0 Å². The van der Waals surface area contributed by atoms with Crippen molar-refractivity contribution in [1.29, 1.82) is 0 Å². The van der Waals surface area contributed by atoms with Gasteiger partial charge in [-0.25, -0.2) is 0 Å². The van der Waals surface area contributed by atoms with Crippen molar-refractivity contribution in [1.82, 2.24) is 5.32 Å². The number of aliphatic hydroxyl groups excluding tert-OH is 2. The van der Waals surface area contributed by atoms with Crippen LogP contribution in [0.25, 0.3) is 0 Å². The van der Waals surface area contributed by atoms with Crippen LogP contribution >= 0.6 is 0 Å². The molecule has 0 bridgehead atoms. The monoisotopic (exact) mass is 996 g/mol. The van der Waals surface area contributed by atoms with E-state index in [1.54, 1.807) is 6.08 Å². The molecular weight excluding hydrogens is 875 g/mol. The van der Waals surface area contributed by atoms with Crippen molar-refractivity contribution in [3.8, 4) is 0 Å². The molecule has 0 aromatic carbocycles. The number of ether oxygens (including phenoxy) is 1. The number of amides is 1. The molecule has 0 aromatic heterocycles. The average molecular weight is 997 g/mol. The van der Waals surface area contributed by atoms with Crippen LogP contribution in [0.1, 0.15) is 328 Å². The summed E-state index contributed by atoms with van der Waals surface area (Å²) in [6, 6.07) is -0.633. The van der Waals surface area contributed by atoms with Crippen LogP contribution in [0, 0.1) is 0 Å². The topological polar surface area (TPSA) is 95.9 Å². The quantitative estimate of drug-likeness (QED) is 0.0321. The number of rotatable bonds is 58. The Morgan fingerprint density at radius 1 is 0.394 bits per heavy atom. The predicted molar refractivity (Wildman–Crippen MR) is 310 cm³/mol. The van der Waals surface area contributed by atoms with Crippen molar-refractivity contribution in [2.75, 3.05) is 13.2 Å². The SMILES string of the molecule is CCCCCC/C=C\C/C=C\CCCCCCCCCC(=O)OCCCCCCCCCCCCC/C=C\CCCCCCCCCC(=O)NC(CO)C(O)/C=C/CCCCCCCCCCCCCC. The normalized spacial score (nSPS) is 12.9. The minimum atomic E-state index is -0.849. The van der Waals surface area contributed by atoms with Gasteiger partial charge in [0.2, 0.25) is 5.91 Å². The van der Waals surface area contributed by atoms with Gasteiger partial charge in [0, 0.05) is 12.8 Å². The van der Waals surface area contributed by atoms with Crippen molar-refractivity contribution >= 4 is 11.9 Å². The van der Waals surface area contributed by atoms with Gasteiger partial charge in [0.15, 0.2) is 0 Å². The predicted octanol–water partition coefficient (Wildman–Crippen LogP) is 19.7. The van der Waals surface area contributed by atoms with E-state index >= 15 is 0 Å². The molecule has 0 aliphatic heterocycles. The standard InChI is InChI=1S/C65H121NO5/c1-3-5-7-9-11-13-15-17-19-20-28-31-35-39-43-47-51-55-59-65(70)71-60-56-52-48-44-40-36-32-29-26-24-22-21-23-25-27-30-34-38-42-46-50-54-58-64(69)66-62(61-67)63(68)57-53-49-45-41-37-33-18-16-14-12-10-8-6-4-2/h13,15,19-20,23,25,53,57,62-63,67-68H,3-12,14,16-18,21-22,24,26-52,54-56,58-61H2,1-2H3,(H,66,69)/b15-13-,20-19-,25-23-,57-53+. The van der Waals surface area contributed by atoms with E-state index < -0.39 is 12.1 Å². The van der Waals surface area contributed by atoms with Gasteiger partial charge in [0.1, 0.15) is 0 Å². The van der Waals surface area contributed by atoms with Crippen LogP contribution in [0.2, 0.25) is 0 Å². The number of hydrogen-bond donors (Lipinski definition) is 3. The summed E-state index contributed by atoms with van der Waals surface area (Å²) in [7, 11) is 0. The summed E-state index contributed by atoms with van der Waals surface area (Å²) < 4.78 is 5.49. The van der Waals surface area contributed by atoms with E-state index in [0.29, 0.717) is 19.4 Å². The Kier molecular flexibility index (Phi) is 58.5. The van der Waals surface area contributed by atoms with E-state index in [1.807, 2.05) is 6.08 Å². The molecule has 6 nitrogen and oxygen atoms in total. The lowest BCUT2D eigenvalue weighted by atomic mass is 10.0. The zero-order valence-electron chi connectivity index (χ0n) is 47.5. The summed E-state index contributed by atoms with van der Waals surface area (Å²) in [5, 5.41) is 23.1. The summed E-state index contributed by atoms with van der Waals surface area (Å²) >= 11 is 0. The molecule has 0 aromatic rings. The second-order valence-corrected chi connectivity index (χ2v) is 21.4. The van der Waals surface area contributed by atoms with E-state index in [1.165, 1.54) is 244 Å². The lowest BCUT2D eigenvalue weighted by molar-refractivity contribution is -0.143. The fraction of sp³-hybridized carbons (Fsp3) is 0.846. The summed E-state index contributed by atoms with van der Waals surface area (Å²) in [5.41, 5.74) is 0. The van der Waals surface area contributed by atoms with Gasteiger partial charge in [0.25, 0.3) is 0 Å². The smallest absolute Gasteiger partial charge is 0.305 e. The Labute approximate surface area is 442 Å². The maximum absolute atomic E-state index is 12.5. The van der Waals surface area contributed by atoms with E-state index in [4.69, 9.17) is 4.74 Å². The van der Waals surface area contributed by atoms with Gasteiger partial charge in [-0.3, -0.25) is 9.59 Å². The van der Waals surface area contributed by atoms with Crippen molar-refractivity contribution in [3.63, 3.8) is 0 Å². The lowest BCUT2D eigenvalue weighted by Crippen LogP contribution is -2.45. The summed E-state index contributed by atoms with van der Waals surface area (Å²) in [6.07, 6.45) is 77.2. The number of nitrogens with one attached hydrogen (secondary N) is 1. The van der Waals surface area contributed by atoms with E-state index in [2.05, 4.69) is 55.6 Å². The Morgan fingerprint density at radius 2 is 0.704 bits per heavy atom. The van der Waals surface area contributed by atoms with Gasteiger partial charge in [-0.1, -0.05) is 274 Å². The van der Waals surface area contributed by atoms with Crippen LogP contribution in [-0.4, -0.2) is 47.4 Å². The molecule has 0 saturated carbocycles. The van der Waals surface area contributed by atoms with Crippen LogP contribution in [0.3, 0.4) is 0 Å². The Hall–Kier alpha value is -2.18. The fourth-order valence-electron chi connectivity index (χ4n) is 9.48. The Balaban J connectivity index is 3.43. The molecule has 0 radical (unpaired) electrons. The molecular formula is C65H121NO5. The minimum Gasteiger partial charge on any atom is -0.466 e. The molecule has 0 saturated heterocycles. The zero-order valence-corrected chi connectivity index (χ0v) is 47.5. The van der Waals surface area contributed by atoms with E-state index in [9.17, 15) is 19.8 Å². The molecule has 3 N–H and O–H groups in total. The largest absolute Gasteiger partial charge is 0.466 e. The molecule has 1 amide bonds. The summed E-state index contributed by atoms with van der Waals surface area (Å²) in [5.74, 6) is -0.0731. The first kappa shape index (κ1) is 68.8. The number of aliphatic hydroxyl groups is 2. The molecule has 2 atom stereocenters. The zero-order chi connectivity index (χ0) is 51.4. The minimum absolute atomic E-state index is 0.00178. The van der Waals surface area contributed by atoms with Gasteiger partial charge >= 0.3 is 5.97 Å². The third-order valence-electron chi connectivity index (χ3n) is 14.3. The van der Waals surface area contributed by atoms with Crippen molar-refractivity contribution in [3.05, 3.63) is 48.6 Å². The third kappa shape index (κ3) is 57.0. The number of esters is 1. The molecule has 0 spiro atoms. The lowest BCUT2D eigenvalue weighted by Gasteiger charge is -2.20. The van der Waals surface area contributed by atoms with Crippen LogP contribution in [0.5, 0.6) is 0 Å². The molecule has 2 unspecified atom stereocenters. The van der Waals surface area contributed by atoms with Gasteiger partial charge in [0.05, 0.1) is 25.4 Å². The molecule has 0 aliphatic rings. The first-order chi connectivity index (χ1) is 35.0. The third-order valence-corrected chi connectivity index (χ3v) is 14.3. The van der Waals surface area contributed by atoms with Crippen molar-refractivity contribution < 1.29 is 24.5 Å². The number of unbranched alkanes of at least 4 members (excludes halogenated alkanes) is 41. The van der Waals surface area contributed by atoms with Crippen molar-refractivity contribution in [2.24, 2.45) is 0 Å². The van der Waals surface area contributed by atoms with Crippen molar-refractivity contribution in [2.45, 2.75) is 341 Å². The van der Waals surface area contributed by atoms with Crippen LogP contribution < -0.4 is 5.32 Å². The maximum Gasteiger partial charge on any atom is 0.305 e. The maximum atomic E-state index is 12.5. The van der Waals surface area contributed by atoms with E-state index in [-0.39, 0.29) is 18.5 Å². The Morgan fingerprint density at radius 3 is 1.10 bits per heavy atom. The number of allylic oxidation sites excluding steroid dienone is 7. The highest BCUT2D eigenvalue weighted by molar-refractivity contribution is 5.76. The number of hydrogen-bond acceptors (Lipinski definition) is 5. The van der Waals surface area contributed by atoms with Gasteiger partial charge in [-0.2, -0.15) is 0 Å². The van der Waals surface area contributed by atoms with Gasteiger partial charge < -0.3 is 20.3 Å². The highest BCUT2D eigenvalue weighted by Gasteiger charge is 2.18.